The largest absolute Gasteiger partial charge is 0.343 e. The fourth-order valence-electron chi connectivity index (χ4n) is 4.30. The first kappa shape index (κ1) is 19.2. The summed E-state index contributed by atoms with van der Waals surface area (Å²) in [4.78, 5) is 12.6. The second-order valence-corrected chi connectivity index (χ2v) is 7.41. The highest BCUT2D eigenvalue weighted by Crippen LogP contribution is 2.41. The fourth-order valence-corrected chi connectivity index (χ4v) is 4.30. The minimum atomic E-state index is -0.0485. The van der Waals surface area contributed by atoms with Gasteiger partial charge in [0.25, 0.3) is 0 Å². The van der Waals surface area contributed by atoms with Crippen molar-refractivity contribution in [2.24, 2.45) is 5.92 Å². The van der Waals surface area contributed by atoms with Crippen molar-refractivity contribution in [3.8, 4) is 17.2 Å². The van der Waals surface area contributed by atoms with Crippen molar-refractivity contribution in [1.29, 1.82) is 5.26 Å². The summed E-state index contributed by atoms with van der Waals surface area (Å²) in [7, 11) is 0. The van der Waals surface area contributed by atoms with Gasteiger partial charge in [0.05, 0.1) is 6.07 Å². The molecule has 1 unspecified atom stereocenters. The van der Waals surface area contributed by atoms with Gasteiger partial charge in [-0.3, -0.25) is 4.79 Å². The fraction of sp³-hybridized carbons (Fsp3) is 0.417. The quantitative estimate of drug-likeness (QED) is 0.718. The molecule has 3 rings (SSSR count). The third kappa shape index (κ3) is 4.57. The van der Waals surface area contributed by atoms with Gasteiger partial charge in [0.1, 0.15) is 6.54 Å². The third-order valence-electron chi connectivity index (χ3n) is 5.61. The smallest absolute Gasteiger partial charge is 0.224 e. The maximum absolute atomic E-state index is 12.6. The van der Waals surface area contributed by atoms with Crippen LogP contribution in [-0.2, 0) is 11.2 Å². The Morgan fingerprint density at radius 3 is 2.59 bits per heavy atom. The zero-order valence-electron chi connectivity index (χ0n) is 16.1. The van der Waals surface area contributed by atoms with Gasteiger partial charge in [0, 0.05) is 5.92 Å². The number of aryl methyl sites for hydroxylation is 1. The highest BCUT2D eigenvalue weighted by Gasteiger charge is 2.33. The van der Waals surface area contributed by atoms with Crippen molar-refractivity contribution in [1.82, 2.24) is 5.32 Å². The number of benzene rings is 2. The predicted octanol–water partition coefficient (Wildman–Crippen LogP) is 5.22. The summed E-state index contributed by atoms with van der Waals surface area (Å²) in [5, 5.41) is 11.6. The lowest BCUT2D eigenvalue weighted by Crippen LogP contribution is -2.36. The highest BCUT2D eigenvalue weighted by molar-refractivity contribution is 5.81. The zero-order chi connectivity index (χ0) is 19.1. The number of nitrogens with one attached hydrogen (secondary N) is 1. The molecule has 0 saturated heterocycles. The summed E-state index contributed by atoms with van der Waals surface area (Å²) in [5.74, 6) is 0.186. The second-order valence-electron chi connectivity index (χ2n) is 7.41. The molecule has 2 aromatic rings. The Labute approximate surface area is 162 Å². The Bertz CT molecular complexity index is 804. The number of hydrogen-bond donors (Lipinski definition) is 1. The first-order valence-electron chi connectivity index (χ1n) is 10.1. The normalized spacial score (nSPS) is 19.3. The number of hydrogen-bond acceptors (Lipinski definition) is 2. The van der Waals surface area contributed by atoms with Gasteiger partial charge < -0.3 is 5.32 Å². The number of amides is 1. The van der Waals surface area contributed by atoms with E-state index in [4.69, 9.17) is 5.26 Å². The maximum Gasteiger partial charge on any atom is 0.224 e. The average Bonchev–Trinajstić information content (AvgIpc) is 2.73. The topological polar surface area (TPSA) is 52.9 Å². The van der Waals surface area contributed by atoms with Crippen LogP contribution in [0.15, 0.2) is 48.5 Å². The van der Waals surface area contributed by atoms with E-state index in [1.165, 1.54) is 22.3 Å². The van der Waals surface area contributed by atoms with Crippen molar-refractivity contribution in [3.05, 3.63) is 59.7 Å². The van der Waals surface area contributed by atoms with Gasteiger partial charge in [-0.25, -0.2) is 0 Å². The van der Waals surface area contributed by atoms with Crippen molar-refractivity contribution < 1.29 is 4.79 Å². The Balaban J connectivity index is 1.91. The Kier molecular flexibility index (Phi) is 6.65. The van der Waals surface area contributed by atoms with Crippen molar-refractivity contribution >= 4 is 5.91 Å². The molecule has 0 radical (unpaired) electrons. The van der Waals surface area contributed by atoms with Gasteiger partial charge in [-0.15, -0.1) is 0 Å². The molecule has 1 fully saturated rings. The van der Waals surface area contributed by atoms with Gasteiger partial charge in [-0.05, 0) is 47.4 Å². The average molecular weight is 361 g/mol. The van der Waals surface area contributed by atoms with Crippen LogP contribution in [-0.4, -0.2) is 12.5 Å². The van der Waals surface area contributed by atoms with Crippen LogP contribution in [0.5, 0.6) is 0 Å². The van der Waals surface area contributed by atoms with Crippen LogP contribution >= 0.6 is 0 Å². The van der Waals surface area contributed by atoms with E-state index in [1.54, 1.807) is 0 Å². The highest BCUT2D eigenvalue weighted by atomic mass is 16.1. The summed E-state index contributed by atoms with van der Waals surface area (Å²) in [6.07, 6.45) is 6.40. The van der Waals surface area contributed by atoms with E-state index in [1.807, 2.05) is 6.07 Å². The Morgan fingerprint density at radius 2 is 1.85 bits per heavy atom. The van der Waals surface area contributed by atoms with Gasteiger partial charge >= 0.3 is 0 Å². The van der Waals surface area contributed by atoms with E-state index in [9.17, 15) is 4.79 Å². The molecule has 27 heavy (non-hydrogen) atoms. The summed E-state index contributed by atoms with van der Waals surface area (Å²) in [5.41, 5.74) is 5.07. The molecule has 0 heterocycles. The molecular formula is C24H28N2O. The number of nitriles is 1. The van der Waals surface area contributed by atoms with Crippen LogP contribution in [0.3, 0.4) is 0 Å². The molecule has 1 amide bonds. The van der Waals surface area contributed by atoms with Gasteiger partial charge in [-0.2, -0.15) is 5.26 Å². The van der Waals surface area contributed by atoms with E-state index in [0.29, 0.717) is 0 Å². The molecule has 140 valence electrons. The lowest BCUT2D eigenvalue weighted by Gasteiger charge is -2.32. The van der Waals surface area contributed by atoms with E-state index in [0.717, 1.165) is 38.5 Å². The first-order chi connectivity index (χ1) is 13.2. The van der Waals surface area contributed by atoms with E-state index in [2.05, 4.69) is 60.8 Å². The third-order valence-corrected chi connectivity index (χ3v) is 5.61. The zero-order valence-corrected chi connectivity index (χ0v) is 16.1. The summed E-state index contributed by atoms with van der Waals surface area (Å²) in [6.45, 7) is 2.28. The molecular weight excluding hydrogens is 332 g/mol. The number of rotatable bonds is 6. The molecule has 0 spiro atoms. The second kappa shape index (κ2) is 9.37. The van der Waals surface area contributed by atoms with Crippen LogP contribution in [0.25, 0.3) is 11.1 Å². The van der Waals surface area contributed by atoms with E-state index in [-0.39, 0.29) is 24.3 Å². The lowest BCUT2D eigenvalue weighted by molar-refractivity contribution is -0.126. The monoisotopic (exact) mass is 360 g/mol. The van der Waals surface area contributed by atoms with Gasteiger partial charge in [0.15, 0.2) is 0 Å². The van der Waals surface area contributed by atoms with Crippen LogP contribution in [0, 0.1) is 17.2 Å². The lowest BCUT2D eigenvalue weighted by atomic mass is 9.73. The van der Waals surface area contributed by atoms with E-state index >= 15 is 0 Å². The summed E-state index contributed by atoms with van der Waals surface area (Å²) < 4.78 is 0. The molecule has 1 saturated carbocycles. The molecule has 2 atom stereocenters. The molecule has 3 heteroatoms. The Morgan fingerprint density at radius 1 is 1.11 bits per heavy atom. The standard InChI is InChI=1S/C24H28N2O/c1-2-7-18-12-14-19(15-13-18)20-8-3-4-9-21(20)22-10-5-6-11-23(22)24(27)26-17-16-25/h3-4,8-9,12-15,22-23H,2,5-7,10-11,17H2,1H3,(H,26,27)/t22?,23-/m1/s1. The van der Waals surface area contributed by atoms with Crippen LogP contribution in [0.4, 0.5) is 0 Å². The first-order valence-corrected chi connectivity index (χ1v) is 10.1. The molecule has 1 aliphatic carbocycles. The van der Waals surface area contributed by atoms with Crippen LogP contribution in [0.1, 0.15) is 56.1 Å². The van der Waals surface area contributed by atoms with Gasteiger partial charge in [0.2, 0.25) is 5.91 Å². The Hall–Kier alpha value is -2.60. The number of carbonyl (C=O) groups excluding carboxylic acids is 1. The van der Waals surface area contributed by atoms with Crippen LogP contribution in [0.2, 0.25) is 0 Å². The van der Waals surface area contributed by atoms with Gasteiger partial charge in [-0.1, -0.05) is 74.7 Å². The summed E-state index contributed by atoms with van der Waals surface area (Å²) >= 11 is 0. The van der Waals surface area contributed by atoms with E-state index < -0.39 is 0 Å². The predicted molar refractivity (Wildman–Crippen MR) is 109 cm³/mol. The molecule has 0 aliphatic heterocycles. The SMILES string of the molecule is CCCc1ccc(-c2ccccc2C2CCCC[C@H]2C(=O)NCC#N)cc1. The van der Waals surface area contributed by atoms with Crippen molar-refractivity contribution in [2.45, 2.75) is 51.4 Å². The molecule has 3 nitrogen and oxygen atoms in total. The van der Waals surface area contributed by atoms with Crippen molar-refractivity contribution in [2.75, 3.05) is 6.54 Å². The molecule has 0 aromatic heterocycles. The number of nitrogens with zero attached hydrogens (tertiary/aromatic N) is 1. The van der Waals surface area contributed by atoms with Crippen molar-refractivity contribution in [3.63, 3.8) is 0 Å². The molecule has 2 aromatic carbocycles. The maximum atomic E-state index is 12.6. The minimum absolute atomic E-state index is 0.0225. The molecule has 0 bridgehead atoms. The molecule has 1 N–H and O–H groups in total. The molecule has 1 aliphatic rings. The minimum Gasteiger partial charge on any atom is -0.343 e. The van der Waals surface area contributed by atoms with Crippen LogP contribution < -0.4 is 5.32 Å². The number of carbonyl (C=O) groups is 1. The summed E-state index contributed by atoms with van der Waals surface area (Å²) in [6, 6.07) is 19.4.